The fraction of sp³-hybridized carbons (Fsp3) is 1.00. The van der Waals surface area contributed by atoms with Crippen molar-refractivity contribution in [2.24, 2.45) is 0 Å². The second kappa shape index (κ2) is 8.92. The van der Waals surface area contributed by atoms with Crippen molar-refractivity contribution in [3.8, 4) is 0 Å². The second-order valence-corrected chi connectivity index (χ2v) is 14.9. The molecule has 0 spiro atoms. The van der Waals surface area contributed by atoms with Crippen LogP contribution in [0.4, 0.5) is 0 Å². The number of hydrogen-bond donors (Lipinski definition) is 4. The van der Waals surface area contributed by atoms with Gasteiger partial charge in [0, 0.05) is 0 Å². The van der Waals surface area contributed by atoms with Gasteiger partial charge in [0.05, 0.1) is 0 Å². The molecule has 0 saturated carbocycles. The Morgan fingerprint density at radius 1 is 1.30 bits per heavy atom. The van der Waals surface area contributed by atoms with Gasteiger partial charge in [-0.3, -0.25) is 0 Å². The van der Waals surface area contributed by atoms with Crippen LogP contribution in [0.25, 0.3) is 0 Å². The summed E-state index contributed by atoms with van der Waals surface area (Å²) in [4.78, 5) is 21.6. The average Bonchev–Trinajstić information content (AvgIpc) is 1.61. The minimum absolute atomic E-state index is 0.472. The molecule has 0 aromatic heterocycles. The van der Waals surface area contributed by atoms with Crippen molar-refractivity contribution >= 4 is 106 Å². The molecule has 4 N–H and O–H groups in total. The number of aliphatic hydroxyl groups is 1. The normalized spacial score (nSPS) is 10.9. The molecule has 10 heavy (non-hydrogen) atoms. The van der Waals surface area contributed by atoms with E-state index in [4.69, 9.17) is 24.4 Å². The van der Waals surface area contributed by atoms with E-state index in [1.807, 2.05) is 0 Å². The zero-order chi connectivity index (χ0) is 8.78. The summed E-state index contributed by atoms with van der Waals surface area (Å²) in [6.45, 7) is 0.472. The number of phosphoric acid groups is 1. The molecule has 0 radical (unpaired) electrons. The third-order valence-electron chi connectivity index (χ3n) is 0.365. The first kappa shape index (κ1) is 15.8. The van der Waals surface area contributed by atoms with Gasteiger partial charge in [0.15, 0.2) is 0 Å². The Morgan fingerprint density at radius 2 is 1.40 bits per heavy atom. The van der Waals surface area contributed by atoms with Gasteiger partial charge in [-0.05, 0) is 0 Å². The van der Waals surface area contributed by atoms with Crippen LogP contribution in [0, 0.1) is 0 Å². The number of aliphatic hydroxyl groups excluding tert-OH is 1. The molecule has 0 fully saturated rings. The molecular weight excluding hydrogens is 213 g/mol. The Bertz CT molecular complexity index is 102. The molecule has 0 aromatic carbocycles. The molecule has 0 aromatic rings. The van der Waals surface area contributed by atoms with Crippen LogP contribution < -0.4 is 0 Å². The number of rotatable bonds is 1. The molecule has 0 aliphatic rings. The van der Waals surface area contributed by atoms with Crippen molar-refractivity contribution in [3.63, 3.8) is 0 Å². The Hall–Kier alpha value is 3.34. The van der Waals surface area contributed by atoms with Crippen LogP contribution in [0.3, 0.4) is 0 Å². The summed E-state index contributed by atoms with van der Waals surface area (Å²) in [6.07, 6.45) is 0. The molecule has 0 bridgehead atoms. The zero-order valence-electron chi connectivity index (χ0n) is 5.93. The molecule has 5 nitrogen and oxygen atoms in total. The van der Waals surface area contributed by atoms with Gasteiger partial charge in [0.1, 0.15) is 0 Å². The second-order valence-electron chi connectivity index (χ2n) is 2.09. The van der Waals surface area contributed by atoms with Crippen molar-refractivity contribution in [1.29, 1.82) is 0 Å². The van der Waals surface area contributed by atoms with Gasteiger partial charge in [0.25, 0.3) is 0 Å². The summed E-state index contributed by atoms with van der Waals surface area (Å²) in [5, 5.41) is 8.24. The first-order valence-corrected chi connectivity index (χ1v) is 7.83. The van der Waals surface area contributed by atoms with E-state index in [1.54, 1.807) is 0 Å². The summed E-state index contributed by atoms with van der Waals surface area (Å²) in [6, 6.07) is 0. The maximum atomic E-state index is 8.88. The molecule has 0 unspecified atom stereocenters. The standard InChI is InChI=1S/C2H4O.2K.H3O4P/c1-2-3;;;1-5(2,3)4/h1,3H,2H2;;;(H3,1,2,3,4). The van der Waals surface area contributed by atoms with Gasteiger partial charge in [-0.1, -0.05) is 0 Å². The van der Waals surface area contributed by atoms with E-state index in [9.17, 15) is 0 Å². The van der Waals surface area contributed by atoms with E-state index >= 15 is 0 Å². The predicted octanol–water partition coefficient (Wildman–Crippen LogP) is -1.87. The van der Waals surface area contributed by atoms with E-state index in [0.29, 0.717) is 6.61 Å². The third-order valence-corrected chi connectivity index (χ3v) is 1.51. The fourth-order valence-electron chi connectivity index (χ4n) is 0. The predicted molar refractivity (Wildman–Crippen MR) is 36.6 cm³/mol. The van der Waals surface area contributed by atoms with Gasteiger partial charge >= 0.3 is 112 Å². The van der Waals surface area contributed by atoms with E-state index in [-0.39, 0.29) is 0 Å². The van der Waals surface area contributed by atoms with Crippen LogP contribution >= 0.6 is 7.82 Å². The molecular formula is C2H7K2O5P. The van der Waals surface area contributed by atoms with Crippen LogP contribution in [-0.2, 0) is 4.57 Å². The average molecular weight is 220 g/mol. The summed E-state index contributed by atoms with van der Waals surface area (Å²) < 4.78 is 9.70. The van der Waals surface area contributed by atoms with E-state index in [1.165, 1.54) is 0 Å². The van der Waals surface area contributed by atoms with E-state index < -0.39 is 7.82 Å². The molecule has 0 aliphatic carbocycles. The SMILES string of the molecule is O=P(O)(O)O.OC[CH]([K])[K]. The van der Waals surface area contributed by atoms with Crippen molar-refractivity contribution in [2.45, 2.75) is -5.89 Å². The van der Waals surface area contributed by atoms with Crippen LogP contribution in [0.2, 0.25) is -5.89 Å². The van der Waals surface area contributed by atoms with Crippen LogP contribution in [0.1, 0.15) is 0 Å². The maximum absolute atomic E-state index is 8.88. The van der Waals surface area contributed by atoms with Gasteiger partial charge in [-0.25, -0.2) is 4.57 Å². The molecule has 0 rings (SSSR count). The Labute approximate surface area is 127 Å². The Morgan fingerprint density at radius 3 is 1.40 bits per heavy atom. The zero-order valence-corrected chi connectivity index (χ0v) is 13.1. The van der Waals surface area contributed by atoms with Crippen LogP contribution in [0.15, 0.2) is 0 Å². The Kier molecular flexibility index (Phi) is 14.1. The van der Waals surface area contributed by atoms with Crippen LogP contribution in [-0.4, -0.2) is 124 Å². The minimum atomic E-state index is -4.64. The van der Waals surface area contributed by atoms with E-state index in [0.717, 1.165) is 92.0 Å². The van der Waals surface area contributed by atoms with Gasteiger partial charge in [0.2, 0.25) is 0 Å². The summed E-state index contributed by atoms with van der Waals surface area (Å²) in [5.41, 5.74) is 0. The molecule has 0 aliphatic heterocycles. The topological polar surface area (TPSA) is 98.0 Å². The van der Waals surface area contributed by atoms with Crippen molar-refractivity contribution < 1.29 is 24.4 Å². The summed E-state index contributed by atoms with van der Waals surface area (Å²) >= 11 is 1.81. The van der Waals surface area contributed by atoms with Crippen molar-refractivity contribution in [3.05, 3.63) is 0 Å². The van der Waals surface area contributed by atoms with Gasteiger partial charge < -0.3 is 14.7 Å². The van der Waals surface area contributed by atoms with Crippen LogP contribution in [0.5, 0.6) is 0 Å². The number of hydrogen-bond acceptors (Lipinski definition) is 2. The molecule has 0 atom stereocenters. The molecule has 0 heterocycles. The molecule has 52 valence electrons. The van der Waals surface area contributed by atoms with Crippen molar-refractivity contribution in [1.82, 2.24) is 0 Å². The third kappa shape index (κ3) is 42.5. The summed E-state index contributed by atoms with van der Waals surface area (Å²) in [5.74, 6) is 0. The van der Waals surface area contributed by atoms with Crippen molar-refractivity contribution in [2.75, 3.05) is 6.61 Å². The van der Waals surface area contributed by atoms with Gasteiger partial charge in [-0.2, -0.15) is 0 Å². The summed E-state index contributed by atoms with van der Waals surface area (Å²) in [7, 11) is -4.64. The quantitative estimate of drug-likeness (QED) is 0.307. The Balaban J connectivity index is 0. The van der Waals surface area contributed by atoms with Gasteiger partial charge in [-0.15, -0.1) is 0 Å². The fourth-order valence-corrected chi connectivity index (χ4v) is 0. The molecule has 0 amide bonds. The first-order chi connectivity index (χ1) is 4.27. The monoisotopic (exact) mass is 220 g/mol. The molecule has 8 heteroatoms. The van der Waals surface area contributed by atoms with E-state index in [2.05, 4.69) is 0 Å². The first-order valence-electron chi connectivity index (χ1n) is 2.66. The molecule has 0 saturated heterocycles.